The predicted molar refractivity (Wildman–Crippen MR) is 255 cm³/mol. The summed E-state index contributed by atoms with van der Waals surface area (Å²) >= 11 is 0. The molecule has 4 fully saturated rings. The third-order valence-corrected chi connectivity index (χ3v) is 14.0. The maximum atomic E-state index is 13.8. The van der Waals surface area contributed by atoms with Crippen LogP contribution in [0.1, 0.15) is 122 Å². The molecular weight excluding hydrogens is 841 g/mol. The van der Waals surface area contributed by atoms with Gasteiger partial charge in [-0.1, -0.05) is 63.6 Å². The van der Waals surface area contributed by atoms with Gasteiger partial charge in [-0.15, -0.1) is 0 Å². The van der Waals surface area contributed by atoms with Crippen LogP contribution >= 0.6 is 0 Å². The molecule has 12 N–H and O–H groups in total. The summed E-state index contributed by atoms with van der Waals surface area (Å²) in [6, 6.07) is 10.5. The van der Waals surface area contributed by atoms with E-state index in [4.69, 9.17) is 26.5 Å². The number of hydrogen-bond donors (Lipinski definition) is 9. The van der Waals surface area contributed by atoms with Gasteiger partial charge < -0.3 is 58.2 Å². The van der Waals surface area contributed by atoms with Crippen molar-refractivity contribution in [1.82, 2.24) is 26.6 Å². The molecule has 4 aliphatic rings. The lowest BCUT2D eigenvalue weighted by molar-refractivity contribution is -0.199. The van der Waals surface area contributed by atoms with Gasteiger partial charge in [0.25, 0.3) is 5.91 Å². The first kappa shape index (κ1) is 51.9. The van der Waals surface area contributed by atoms with E-state index in [1.165, 1.54) is 19.4 Å². The monoisotopic (exact) mass is 916 g/mol. The largest absolute Gasteiger partial charge is 0.481 e. The maximum absolute atomic E-state index is 13.8. The summed E-state index contributed by atoms with van der Waals surface area (Å²) in [4.78, 5) is 72.3. The fourth-order valence-electron chi connectivity index (χ4n) is 9.67. The van der Waals surface area contributed by atoms with E-state index >= 15 is 0 Å². The Bertz CT molecular complexity index is 2010. The van der Waals surface area contributed by atoms with Gasteiger partial charge in [-0.05, 0) is 138 Å². The molecule has 18 heteroatoms. The first-order valence-electron chi connectivity index (χ1n) is 23.8. The predicted octanol–water partition coefficient (Wildman–Crippen LogP) is 2.60. The Balaban J connectivity index is 1.19. The molecule has 6 rings (SSSR count). The Morgan fingerprint density at radius 2 is 1.41 bits per heavy atom. The number of guanidine groups is 1. The van der Waals surface area contributed by atoms with Crippen molar-refractivity contribution in [3.05, 3.63) is 59.7 Å². The Kier molecular flexibility index (Phi) is 18.2. The number of nitrogens with zero attached hydrogens (tertiary/aromatic N) is 1. The summed E-state index contributed by atoms with van der Waals surface area (Å²) in [6.07, 6.45) is 5.63. The summed E-state index contributed by atoms with van der Waals surface area (Å²) in [6.45, 7) is 14.0. The number of aryl methyl sites for hydroxylation is 1. The van der Waals surface area contributed by atoms with E-state index in [1.54, 1.807) is 12.1 Å². The molecule has 3 saturated carbocycles. The van der Waals surface area contributed by atoms with E-state index in [2.05, 4.69) is 83.5 Å². The molecule has 362 valence electrons. The van der Waals surface area contributed by atoms with Crippen LogP contribution in [0.4, 0.5) is 0 Å². The van der Waals surface area contributed by atoms with Crippen molar-refractivity contribution in [1.29, 1.82) is 0 Å². The minimum atomic E-state index is -1.52. The number of hydrogen-bond acceptors (Lipinski definition) is 10. The van der Waals surface area contributed by atoms with Crippen molar-refractivity contribution in [2.24, 2.45) is 39.4 Å². The number of amides is 5. The van der Waals surface area contributed by atoms with E-state index in [0.717, 1.165) is 43.2 Å². The van der Waals surface area contributed by atoms with Crippen LogP contribution in [0.3, 0.4) is 0 Å². The molecule has 0 aromatic heterocycles. The quantitative estimate of drug-likeness (QED) is 0.0320. The van der Waals surface area contributed by atoms with E-state index in [1.807, 2.05) is 19.1 Å². The molecule has 3 aliphatic carbocycles. The van der Waals surface area contributed by atoms with Crippen molar-refractivity contribution >= 4 is 42.6 Å². The van der Waals surface area contributed by atoms with Crippen LogP contribution < -0.4 is 43.8 Å². The van der Waals surface area contributed by atoms with Crippen molar-refractivity contribution in [2.75, 3.05) is 13.1 Å². The number of carbonyl (C=O) groups is 5. The fourth-order valence-corrected chi connectivity index (χ4v) is 9.67. The van der Waals surface area contributed by atoms with Crippen LogP contribution in [0.25, 0.3) is 11.1 Å². The Morgan fingerprint density at radius 1 is 0.788 bits per heavy atom. The van der Waals surface area contributed by atoms with Crippen LogP contribution in [0.5, 0.6) is 0 Å². The second-order valence-electron chi connectivity index (χ2n) is 19.3. The van der Waals surface area contributed by atoms with Gasteiger partial charge >= 0.3 is 7.12 Å². The Labute approximate surface area is 390 Å². The van der Waals surface area contributed by atoms with Gasteiger partial charge in [-0.3, -0.25) is 29.0 Å². The highest BCUT2D eigenvalue weighted by Crippen LogP contribution is 2.65. The van der Waals surface area contributed by atoms with Crippen LogP contribution in [0.15, 0.2) is 53.5 Å². The van der Waals surface area contributed by atoms with Crippen molar-refractivity contribution in [3.63, 3.8) is 0 Å². The average Bonchev–Trinajstić information content (AvgIpc) is 3.65. The zero-order valence-electron chi connectivity index (χ0n) is 39.9. The third kappa shape index (κ3) is 12.9. The molecule has 2 aromatic rings. The number of nitrogens with two attached hydrogens (primary N) is 3. The second-order valence-corrected chi connectivity index (χ2v) is 19.3. The lowest BCUT2D eigenvalue weighted by atomic mass is 9.43. The SMILES string of the molecule is CCCCc1ccc(-c2ccc(C(=O)N[C@@H](CCCN=C(N)N)C(=O)N[C@H](C(=O)N[C@@H](C)C(=O)N[C@@H](CCCCN)C(=O)N[C@@H](C)B3OC4C[C@@H]5C[C@@H](C5(C)C)[C@]4(C)O3)C(C)O)cc2)cc1. The Hall–Kier alpha value is -5.04. The molecule has 1 aliphatic heterocycles. The van der Waals surface area contributed by atoms with Crippen LogP contribution in [0.2, 0.25) is 0 Å². The molecule has 2 unspecified atom stereocenters. The minimum Gasteiger partial charge on any atom is -0.404 e. The molecule has 17 nitrogen and oxygen atoms in total. The van der Waals surface area contributed by atoms with E-state index in [-0.39, 0.29) is 36.9 Å². The number of aliphatic hydroxyl groups is 1. The molecule has 0 spiro atoms. The molecule has 5 amide bonds. The van der Waals surface area contributed by atoms with E-state index in [9.17, 15) is 29.1 Å². The summed E-state index contributed by atoms with van der Waals surface area (Å²) in [5.41, 5.74) is 19.9. The average molecular weight is 916 g/mol. The molecule has 0 radical (unpaired) electrons. The van der Waals surface area contributed by atoms with Crippen molar-refractivity contribution in [3.8, 4) is 11.1 Å². The lowest BCUT2D eigenvalue weighted by Crippen LogP contribution is -2.65. The van der Waals surface area contributed by atoms with Crippen molar-refractivity contribution < 1.29 is 38.4 Å². The molecule has 66 heavy (non-hydrogen) atoms. The molecule has 2 aromatic carbocycles. The molecular formula is C48H74BN9O8. The summed E-state index contributed by atoms with van der Waals surface area (Å²) in [5.74, 6) is -2.96. The first-order valence-corrected chi connectivity index (χ1v) is 23.8. The summed E-state index contributed by atoms with van der Waals surface area (Å²) < 4.78 is 12.9. The second kappa shape index (κ2) is 23.1. The third-order valence-electron chi connectivity index (χ3n) is 14.0. The molecule has 1 saturated heterocycles. The summed E-state index contributed by atoms with van der Waals surface area (Å²) in [5, 5.41) is 24.3. The smallest absolute Gasteiger partial charge is 0.404 e. The zero-order valence-corrected chi connectivity index (χ0v) is 39.9. The van der Waals surface area contributed by atoms with Crippen molar-refractivity contribution in [2.45, 2.75) is 161 Å². The zero-order chi connectivity index (χ0) is 48.3. The van der Waals surface area contributed by atoms with Gasteiger partial charge in [-0.25, -0.2) is 0 Å². The minimum absolute atomic E-state index is 0.0634. The summed E-state index contributed by atoms with van der Waals surface area (Å²) in [7, 11) is -0.660. The van der Waals surface area contributed by atoms with Gasteiger partial charge in [-0.2, -0.15) is 0 Å². The first-order chi connectivity index (χ1) is 31.3. The van der Waals surface area contributed by atoms with Crippen LogP contribution in [-0.2, 0) is 34.9 Å². The number of benzene rings is 2. The fraction of sp³-hybridized carbons (Fsp3) is 0.625. The van der Waals surface area contributed by atoms with Gasteiger partial charge in [0.2, 0.25) is 23.6 Å². The van der Waals surface area contributed by atoms with Gasteiger partial charge in [0.1, 0.15) is 24.2 Å². The normalized spacial score (nSPS) is 23.0. The van der Waals surface area contributed by atoms with Gasteiger partial charge in [0.05, 0.1) is 23.8 Å². The van der Waals surface area contributed by atoms with Crippen LogP contribution in [-0.4, -0.2) is 109 Å². The van der Waals surface area contributed by atoms with E-state index < -0.39 is 78.5 Å². The lowest BCUT2D eigenvalue weighted by Gasteiger charge is -2.64. The molecule has 1 heterocycles. The van der Waals surface area contributed by atoms with E-state index in [0.29, 0.717) is 43.2 Å². The number of carbonyl (C=O) groups excluding carboxylic acids is 5. The van der Waals surface area contributed by atoms with Crippen LogP contribution in [0, 0.1) is 17.3 Å². The van der Waals surface area contributed by atoms with Gasteiger partial charge in [0, 0.05) is 12.1 Å². The Morgan fingerprint density at radius 3 is 2.02 bits per heavy atom. The molecule has 10 atom stereocenters. The number of rotatable bonds is 24. The maximum Gasteiger partial charge on any atom is 0.481 e. The number of aliphatic imine (C=N–C) groups is 1. The molecule has 2 bridgehead atoms. The number of nitrogens with one attached hydrogen (secondary N) is 5. The highest BCUT2D eigenvalue weighted by atomic mass is 16.7. The standard InChI is InChI=1S/C48H74BN9O8/c1-8-9-13-31-16-18-32(19-17-31)33-20-22-34(23-21-33)42(61)57-37(15-12-25-53-46(51)52)44(63)58-40(29(3)59)45(64)54-28(2)41(60)56-36(14-10-11-24-50)43(62)55-30(4)49-65-39-27-35-26-38(47(35,5)6)48(39,7)66-49/h16-23,28-30,35-40,59H,8-15,24-27,50H2,1-7H3,(H,54,64)(H,55,62)(H,56,60)(H,57,61)(H,58,63)(H4,51,52,53)/t28-,29?,30-,35-,36-,37-,38-,39?,40-,48-/m0/s1. The number of aliphatic hydroxyl groups excluding tert-OH is 1. The topological polar surface area (TPSA) is 275 Å². The highest BCUT2D eigenvalue weighted by molar-refractivity contribution is 6.47. The highest BCUT2D eigenvalue weighted by Gasteiger charge is 2.68. The number of unbranched alkanes of at least 4 members (excludes halogenated alkanes) is 2. The van der Waals surface area contributed by atoms with Gasteiger partial charge in [0.15, 0.2) is 5.96 Å².